The van der Waals surface area contributed by atoms with Crippen LogP contribution in [-0.2, 0) is 10.0 Å². The second-order valence-electron chi connectivity index (χ2n) is 5.64. The molecule has 0 spiro atoms. The Morgan fingerprint density at radius 3 is 2.63 bits per heavy atom. The van der Waals surface area contributed by atoms with Crippen molar-refractivity contribution < 1.29 is 8.42 Å². The van der Waals surface area contributed by atoms with Gasteiger partial charge in [0.2, 0.25) is 10.0 Å². The molecule has 6 heteroatoms. The van der Waals surface area contributed by atoms with Crippen LogP contribution in [0.25, 0.3) is 0 Å². The normalized spacial score (nSPS) is 21.3. The molecule has 1 aromatic rings. The highest BCUT2D eigenvalue weighted by Crippen LogP contribution is 2.60. The van der Waals surface area contributed by atoms with Gasteiger partial charge in [-0.1, -0.05) is 15.9 Å². The number of benzene rings is 1. The fourth-order valence-corrected chi connectivity index (χ4v) is 4.45. The molecular formula is C13H17BrN2O2S. The van der Waals surface area contributed by atoms with Gasteiger partial charge in [-0.3, -0.25) is 0 Å². The van der Waals surface area contributed by atoms with Gasteiger partial charge in [0.05, 0.1) is 5.69 Å². The second kappa shape index (κ2) is 4.46. The first-order valence-corrected chi connectivity index (χ1v) is 8.75. The van der Waals surface area contributed by atoms with Crippen LogP contribution in [0.1, 0.15) is 25.7 Å². The maximum atomic E-state index is 12.3. The highest BCUT2D eigenvalue weighted by atomic mass is 79.9. The van der Waals surface area contributed by atoms with Gasteiger partial charge < -0.3 is 5.73 Å². The van der Waals surface area contributed by atoms with Crippen molar-refractivity contribution in [2.24, 2.45) is 11.3 Å². The van der Waals surface area contributed by atoms with Gasteiger partial charge in [0.25, 0.3) is 0 Å². The predicted molar refractivity (Wildman–Crippen MR) is 78.1 cm³/mol. The molecule has 0 amide bonds. The van der Waals surface area contributed by atoms with Gasteiger partial charge >= 0.3 is 0 Å². The zero-order chi connectivity index (χ0) is 13.7. The molecule has 0 atom stereocenters. The highest BCUT2D eigenvalue weighted by Gasteiger charge is 2.53. The summed E-state index contributed by atoms with van der Waals surface area (Å²) in [6.45, 7) is 0.548. The summed E-state index contributed by atoms with van der Waals surface area (Å²) in [5, 5.41) is 0. The SMILES string of the molecule is Nc1ccc(Br)cc1S(=O)(=O)NCC1(C2CC2)CC1. The molecule has 1 aromatic carbocycles. The number of hydrogen-bond donors (Lipinski definition) is 2. The molecule has 2 fully saturated rings. The molecule has 104 valence electrons. The minimum Gasteiger partial charge on any atom is -0.398 e. The number of hydrogen-bond acceptors (Lipinski definition) is 3. The maximum Gasteiger partial charge on any atom is 0.242 e. The van der Waals surface area contributed by atoms with Crippen molar-refractivity contribution >= 4 is 31.6 Å². The largest absolute Gasteiger partial charge is 0.398 e. The quantitative estimate of drug-likeness (QED) is 0.806. The standard InChI is InChI=1S/C13H17BrN2O2S/c14-10-3-4-11(15)12(7-10)19(17,18)16-8-13(5-6-13)9-1-2-9/h3-4,7,9,16H,1-2,5-6,8,15H2. The molecule has 0 heterocycles. The van der Waals surface area contributed by atoms with Crippen LogP contribution in [0, 0.1) is 11.3 Å². The summed E-state index contributed by atoms with van der Waals surface area (Å²) in [5.74, 6) is 0.732. The number of nitrogen functional groups attached to an aromatic ring is 1. The Labute approximate surface area is 121 Å². The van der Waals surface area contributed by atoms with Gasteiger partial charge in [0.15, 0.2) is 0 Å². The summed E-state index contributed by atoms with van der Waals surface area (Å²) < 4.78 is 28.1. The van der Waals surface area contributed by atoms with Crippen LogP contribution in [-0.4, -0.2) is 15.0 Å². The fraction of sp³-hybridized carbons (Fsp3) is 0.538. The van der Waals surface area contributed by atoms with Crippen LogP contribution in [0.5, 0.6) is 0 Å². The number of anilines is 1. The van der Waals surface area contributed by atoms with Crippen molar-refractivity contribution in [1.29, 1.82) is 0 Å². The third kappa shape index (κ3) is 2.66. The number of rotatable bonds is 5. The minimum atomic E-state index is -3.52. The lowest BCUT2D eigenvalue weighted by Crippen LogP contribution is -2.31. The molecular weight excluding hydrogens is 328 g/mol. The Morgan fingerprint density at radius 1 is 1.37 bits per heavy atom. The van der Waals surface area contributed by atoms with Gasteiger partial charge in [-0.15, -0.1) is 0 Å². The molecule has 3 N–H and O–H groups in total. The van der Waals surface area contributed by atoms with E-state index in [1.165, 1.54) is 12.8 Å². The Morgan fingerprint density at radius 2 is 2.05 bits per heavy atom. The summed E-state index contributed by atoms with van der Waals surface area (Å²) in [5.41, 5.74) is 6.29. The average molecular weight is 345 g/mol. The molecule has 0 unspecified atom stereocenters. The topological polar surface area (TPSA) is 72.2 Å². The Kier molecular flexibility index (Phi) is 3.15. The van der Waals surface area contributed by atoms with Crippen LogP contribution in [0.3, 0.4) is 0 Å². The molecule has 2 aliphatic rings. The van der Waals surface area contributed by atoms with E-state index in [0.717, 1.165) is 18.8 Å². The summed E-state index contributed by atoms with van der Waals surface area (Å²) in [6, 6.07) is 4.89. The van der Waals surface area contributed by atoms with Gasteiger partial charge in [-0.25, -0.2) is 13.1 Å². The molecule has 0 aromatic heterocycles. The Balaban J connectivity index is 1.77. The first-order chi connectivity index (χ1) is 8.93. The summed E-state index contributed by atoms with van der Waals surface area (Å²) in [7, 11) is -3.52. The molecule has 0 radical (unpaired) electrons. The van der Waals surface area contributed by atoms with Crippen LogP contribution in [0.4, 0.5) is 5.69 Å². The molecule has 4 nitrogen and oxygen atoms in total. The van der Waals surface area contributed by atoms with E-state index in [1.807, 2.05) is 0 Å². The number of nitrogens with two attached hydrogens (primary N) is 1. The predicted octanol–water partition coefficient (Wildman–Crippen LogP) is 2.50. The van der Waals surface area contributed by atoms with Crippen LogP contribution in [0.15, 0.2) is 27.6 Å². The molecule has 0 saturated heterocycles. The number of sulfonamides is 1. The number of nitrogens with one attached hydrogen (secondary N) is 1. The van der Waals surface area contributed by atoms with Gasteiger partial charge in [0, 0.05) is 11.0 Å². The second-order valence-corrected chi connectivity index (χ2v) is 8.29. The van der Waals surface area contributed by atoms with Gasteiger partial charge in [0.1, 0.15) is 4.90 Å². The van der Waals surface area contributed by atoms with E-state index in [-0.39, 0.29) is 16.0 Å². The highest BCUT2D eigenvalue weighted by molar-refractivity contribution is 9.10. The molecule has 2 saturated carbocycles. The summed E-state index contributed by atoms with van der Waals surface area (Å²) in [6.07, 6.45) is 4.80. The Hall–Kier alpha value is -0.590. The molecule has 0 bridgehead atoms. The Bertz CT molecular complexity index is 607. The average Bonchev–Trinajstić information content (AvgIpc) is 3.22. The fourth-order valence-electron chi connectivity index (χ4n) is 2.64. The van der Waals surface area contributed by atoms with E-state index < -0.39 is 10.0 Å². The van der Waals surface area contributed by atoms with Crippen molar-refractivity contribution in [3.63, 3.8) is 0 Å². The minimum absolute atomic E-state index is 0.161. The zero-order valence-electron chi connectivity index (χ0n) is 10.5. The lowest BCUT2D eigenvalue weighted by atomic mass is 10.0. The molecule has 0 aliphatic heterocycles. The van der Waals surface area contributed by atoms with Crippen LogP contribution >= 0.6 is 15.9 Å². The number of halogens is 1. The summed E-state index contributed by atoms with van der Waals surface area (Å²) >= 11 is 3.28. The van der Waals surface area contributed by atoms with E-state index in [4.69, 9.17) is 5.73 Å². The van der Waals surface area contributed by atoms with Crippen molar-refractivity contribution in [3.05, 3.63) is 22.7 Å². The molecule has 19 heavy (non-hydrogen) atoms. The van der Waals surface area contributed by atoms with Crippen molar-refractivity contribution in [2.75, 3.05) is 12.3 Å². The summed E-state index contributed by atoms with van der Waals surface area (Å²) in [4.78, 5) is 0.161. The van der Waals surface area contributed by atoms with Gasteiger partial charge in [-0.05, 0) is 55.2 Å². The lowest BCUT2D eigenvalue weighted by molar-refractivity contribution is 0.432. The van der Waals surface area contributed by atoms with E-state index in [9.17, 15) is 8.42 Å². The third-order valence-electron chi connectivity index (χ3n) is 4.21. The van der Waals surface area contributed by atoms with E-state index >= 15 is 0 Å². The third-order valence-corrected chi connectivity index (χ3v) is 6.17. The first kappa shape index (κ1) is 13.4. The molecule has 3 rings (SSSR count). The zero-order valence-corrected chi connectivity index (χ0v) is 12.9. The maximum absolute atomic E-state index is 12.3. The lowest BCUT2D eigenvalue weighted by Gasteiger charge is -2.16. The van der Waals surface area contributed by atoms with Crippen molar-refractivity contribution in [3.8, 4) is 0 Å². The van der Waals surface area contributed by atoms with Gasteiger partial charge in [-0.2, -0.15) is 0 Å². The van der Waals surface area contributed by atoms with Crippen LogP contribution < -0.4 is 10.5 Å². The van der Waals surface area contributed by atoms with Crippen molar-refractivity contribution in [2.45, 2.75) is 30.6 Å². The van der Waals surface area contributed by atoms with E-state index in [1.54, 1.807) is 18.2 Å². The smallest absolute Gasteiger partial charge is 0.242 e. The van der Waals surface area contributed by atoms with Crippen LogP contribution in [0.2, 0.25) is 0 Å². The van der Waals surface area contributed by atoms with E-state index in [2.05, 4.69) is 20.7 Å². The first-order valence-electron chi connectivity index (χ1n) is 6.48. The monoisotopic (exact) mass is 344 g/mol. The molecule has 2 aliphatic carbocycles. The van der Waals surface area contributed by atoms with E-state index in [0.29, 0.717) is 11.0 Å². The van der Waals surface area contributed by atoms with Crippen molar-refractivity contribution in [1.82, 2.24) is 4.72 Å².